The topological polar surface area (TPSA) is 70.0 Å². The minimum absolute atomic E-state index is 0.186. The van der Waals surface area contributed by atoms with E-state index in [1.54, 1.807) is 29.2 Å². The summed E-state index contributed by atoms with van der Waals surface area (Å²) < 4.78 is 18.7. The first-order valence-electron chi connectivity index (χ1n) is 10.3. The molecule has 0 saturated carbocycles. The zero-order chi connectivity index (χ0) is 21.4. The van der Waals surface area contributed by atoms with Crippen molar-refractivity contribution in [2.24, 2.45) is 0 Å². The van der Waals surface area contributed by atoms with Gasteiger partial charge in [0.15, 0.2) is 5.76 Å². The molecule has 2 aromatic carbocycles. The Balaban J connectivity index is 1.39. The Bertz CT molecular complexity index is 1200. The highest BCUT2D eigenvalue weighted by atomic mass is 16.6. The molecule has 0 atom stereocenters. The summed E-state index contributed by atoms with van der Waals surface area (Å²) in [7, 11) is 0. The number of aryl methyl sites for hydroxylation is 1. The van der Waals surface area contributed by atoms with Gasteiger partial charge in [-0.15, -0.1) is 0 Å². The maximum absolute atomic E-state index is 12.9. The summed E-state index contributed by atoms with van der Waals surface area (Å²) in [4.78, 5) is 26.8. The van der Waals surface area contributed by atoms with Gasteiger partial charge < -0.3 is 23.7 Å². The maximum Gasteiger partial charge on any atom is 0.415 e. The van der Waals surface area contributed by atoms with E-state index in [0.717, 1.165) is 23.0 Å². The van der Waals surface area contributed by atoms with Gasteiger partial charge in [0.2, 0.25) is 5.78 Å². The van der Waals surface area contributed by atoms with Crippen molar-refractivity contribution in [1.82, 2.24) is 9.47 Å². The number of morpholine rings is 1. The summed E-state index contributed by atoms with van der Waals surface area (Å²) in [6.07, 6.45) is 3.36. The average Bonchev–Trinajstić information content (AvgIpc) is 3.31. The van der Waals surface area contributed by atoms with Crippen molar-refractivity contribution in [1.29, 1.82) is 0 Å². The molecule has 7 nitrogen and oxygen atoms in total. The van der Waals surface area contributed by atoms with Crippen molar-refractivity contribution in [3.8, 4) is 11.5 Å². The molecule has 3 aromatic rings. The molecule has 158 valence electrons. The number of aromatic nitrogens is 1. The van der Waals surface area contributed by atoms with E-state index < -0.39 is 6.09 Å². The summed E-state index contributed by atoms with van der Waals surface area (Å²) in [5, 5.41) is 1.06. The molecule has 1 fully saturated rings. The van der Waals surface area contributed by atoms with Crippen LogP contribution in [0.25, 0.3) is 17.0 Å². The van der Waals surface area contributed by atoms with E-state index in [4.69, 9.17) is 14.2 Å². The first-order valence-corrected chi connectivity index (χ1v) is 10.3. The zero-order valence-electron chi connectivity index (χ0n) is 17.2. The van der Waals surface area contributed by atoms with Gasteiger partial charge in [-0.1, -0.05) is 18.2 Å². The van der Waals surface area contributed by atoms with Gasteiger partial charge in [0, 0.05) is 48.4 Å². The zero-order valence-corrected chi connectivity index (χ0v) is 17.2. The lowest BCUT2D eigenvalue weighted by atomic mass is 10.1. The summed E-state index contributed by atoms with van der Waals surface area (Å²) in [6, 6.07) is 12.9. The van der Waals surface area contributed by atoms with Gasteiger partial charge in [0.25, 0.3) is 0 Å². The number of para-hydroxylation sites is 1. The van der Waals surface area contributed by atoms with Crippen LogP contribution in [0.5, 0.6) is 11.5 Å². The van der Waals surface area contributed by atoms with Crippen LogP contribution in [0.4, 0.5) is 4.79 Å². The van der Waals surface area contributed by atoms with Gasteiger partial charge in [-0.25, -0.2) is 4.79 Å². The maximum atomic E-state index is 12.9. The Morgan fingerprint density at radius 3 is 2.77 bits per heavy atom. The minimum Gasteiger partial charge on any atom is -0.452 e. The Morgan fingerprint density at radius 1 is 1.16 bits per heavy atom. The number of allylic oxidation sites excluding steroid dienone is 1. The molecule has 0 N–H and O–H groups in total. The van der Waals surface area contributed by atoms with E-state index in [2.05, 4.69) is 17.6 Å². The summed E-state index contributed by atoms with van der Waals surface area (Å²) in [6.45, 7) is 4.90. The number of ketones is 1. The average molecular weight is 418 g/mol. The van der Waals surface area contributed by atoms with Crippen LogP contribution in [0, 0.1) is 0 Å². The number of carbonyl (C=O) groups excluding carboxylic acids is 2. The lowest BCUT2D eigenvalue weighted by Crippen LogP contribution is -2.42. The smallest absolute Gasteiger partial charge is 0.415 e. The Kier molecular flexibility index (Phi) is 4.95. The largest absolute Gasteiger partial charge is 0.452 e. The van der Waals surface area contributed by atoms with E-state index in [0.29, 0.717) is 43.4 Å². The van der Waals surface area contributed by atoms with Crippen molar-refractivity contribution in [2.45, 2.75) is 13.5 Å². The number of Topliss-reactive ketones (excluding diaryl/α,β-unsaturated/α-hetero) is 1. The number of carbonyl (C=O) groups is 2. The fourth-order valence-electron chi connectivity index (χ4n) is 3.94. The number of hydrogen-bond donors (Lipinski definition) is 0. The summed E-state index contributed by atoms with van der Waals surface area (Å²) >= 11 is 0. The van der Waals surface area contributed by atoms with Gasteiger partial charge in [-0.05, 0) is 31.2 Å². The normalized spacial score (nSPS) is 17.1. The molecule has 7 heteroatoms. The van der Waals surface area contributed by atoms with Gasteiger partial charge in [0.1, 0.15) is 11.5 Å². The third-order valence-corrected chi connectivity index (χ3v) is 5.56. The molecular formula is C24H22N2O5. The van der Waals surface area contributed by atoms with Crippen LogP contribution < -0.4 is 9.47 Å². The molecule has 2 aliphatic rings. The van der Waals surface area contributed by atoms with Crippen LogP contribution in [0.15, 0.2) is 54.4 Å². The number of benzene rings is 2. The van der Waals surface area contributed by atoms with Crippen LogP contribution in [0.3, 0.4) is 0 Å². The first-order chi connectivity index (χ1) is 15.1. The molecule has 0 aliphatic carbocycles. The van der Waals surface area contributed by atoms with E-state index in [9.17, 15) is 9.59 Å². The molecule has 1 saturated heterocycles. The van der Waals surface area contributed by atoms with Crippen molar-refractivity contribution in [2.75, 3.05) is 26.3 Å². The highest BCUT2D eigenvalue weighted by Gasteiger charge is 2.29. The lowest BCUT2D eigenvalue weighted by Gasteiger charge is -2.25. The molecular weight excluding hydrogens is 396 g/mol. The van der Waals surface area contributed by atoms with Crippen molar-refractivity contribution < 1.29 is 23.8 Å². The molecule has 1 amide bonds. The van der Waals surface area contributed by atoms with Crippen LogP contribution in [-0.4, -0.2) is 47.6 Å². The van der Waals surface area contributed by atoms with Crippen LogP contribution in [0.2, 0.25) is 0 Å². The molecule has 0 bridgehead atoms. The van der Waals surface area contributed by atoms with Gasteiger partial charge in [-0.3, -0.25) is 4.79 Å². The molecule has 0 radical (unpaired) electrons. The van der Waals surface area contributed by atoms with Crippen molar-refractivity contribution in [3.63, 3.8) is 0 Å². The number of fused-ring (bicyclic) bond motifs is 2. The van der Waals surface area contributed by atoms with Crippen LogP contribution in [-0.2, 0) is 11.3 Å². The SMILES string of the molecule is CCn1cc(C=C2Oc3cc(OC(=O)N4CCOCC4)ccc3C2=O)c2ccccc21. The third kappa shape index (κ3) is 3.57. The predicted octanol–water partition coefficient (Wildman–Crippen LogP) is 4.11. The monoisotopic (exact) mass is 418 g/mol. The van der Waals surface area contributed by atoms with E-state index >= 15 is 0 Å². The first kappa shape index (κ1) is 19.4. The quantitative estimate of drug-likeness (QED) is 0.599. The third-order valence-electron chi connectivity index (χ3n) is 5.56. The standard InChI is InChI=1S/C24H22N2O5/c1-2-25-15-16(18-5-3-4-6-20(18)25)13-22-23(27)19-8-7-17(14-21(19)31-22)30-24(28)26-9-11-29-12-10-26/h3-8,13-15H,2,9-12H2,1H3. The van der Waals surface area contributed by atoms with E-state index in [1.165, 1.54) is 0 Å². The van der Waals surface area contributed by atoms with Crippen LogP contribution >= 0.6 is 0 Å². The Morgan fingerprint density at radius 2 is 1.97 bits per heavy atom. The van der Waals surface area contributed by atoms with Crippen molar-refractivity contribution >= 4 is 28.9 Å². The molecule has 1 aromatic heterocycles. The Hall–Kier alpha value is -3.58. The minimum atomic E-state index is -0.435. The Labute approximate surface area is 179 Å². The number of ether oxygens (including phenoxy) is 3. The van der Waals surface area contributed by atoms with Crippen LogP contribution in [0.1, 0.15) is 22.8 Å². The van der Waals surface area contributed by atoms with E-state index in [-0.39, 0.29) is 11.5 Å². The second-order valence-electron chi connectivity index (χ2n) is 7.45. The second-order valence-corrected chi connectivity index (χ2v) is 7.45. The fraction of sp³-hybridized carbons (Fsp3) is 0.250. The molecule has 0 unspecified atom stereocenters. The van der Waals surface area contributed by atoms with Gasteiger partial charge in [-0.2, -0.15) is 0 Å². The highest BCUT2D eigenvalue weighted by Crippen LogP contribution is 2.36. The number of hydrogen-bond acceptors (Lipinski definition) is 5. The number of nitrogens with zero attached hydrogens (tertiary/aromatic N) is 2. The number of amides is 1. The molecule has 2 aliphatic heterocycles. The summed E-state index contributed by atoms with van der Waals surface area (Å²) in [5.41, 5.74) is 2.49. The summed E-state index contributed by atoms with van der Waals surface area (Å²) in [5.74, 6) is 0.801. The van der Waals surface area contributed by atoms with Gasteiger partial charge in [0.05, 0.1) is 18.8 Å². The molecule has 0 spiro atoms. The molecule has 3 heterocycles. The predicted molar refractivity (Wildman–Crippen MR) is 115 cm³/mol. The molecule has 31 heavy (non-hydrogen) atoms. The van der Waals surface area contributed by atoms with E-state index in [1.807, 2.05) is 24.4 Å². The molecule has 5 rings (SSSR count). The lowest BCUT2D eigenvalue weighted by molar-refractivity contribution is 0.0416. The van der Waals surface area contributed by atoms with Crippen molar-refractivity contribution in [3.05, 3.63) is 65.5 Å². The second kappa shape index (κ2) is 7.92. The number of rotatable bonds is 3. The highest BCUT2D eigenvalue weighted by molar-refractivity contribution is 6.15. The fourth-order valence-corrected chi connectivity index (χ4v) is 3.94. The van der Waals surface area contributed by atoms with Gasteiger partial charge >= 0.3 is 6.09 Å².